The highest BCUT2D eigenvalue weighted by atomic mass is 35.5. The molecule has 0 spiro atoms. The molecule has 21 heavy (non-hydrogen) atoms. The molecule has 0 amide bonds. The molecule has 0 fully saturated rings. The van der Waals surface area contributed by atoms with Crippen molar-refractivity contribution in [2.75, 3.05) is 6.61 Å². The fourth-order valence-corrected chi connectivity index (χ4v) is 2.18. The minimum absolute atomic E-state index is 0.556. The monoisotopic (exact) mass is 322 g/mol. The lowest BCUT2D eigenvalue weighted by Gasteiger charge is -2.07. The van der Waals surface area contributed by atoms with Crippen LogP contribution in [0.25, 0.3) is 0 Å². The average molecular weight is 323 g/mol. The van der Waals surface area contributed by atoms with E-state index in [1.165, 1.54) is 0 Å². The van der Waals surface area contributed by atoms with Crippen LogP contribution in [0.15, 0.2) is 47.6 Å². The van der Waals surface area contributed by atoms with E-state index in [0.29, 0.717) is 18.2 Å². The Hall–Kier alpha value is -1.71. The zero-order valence-corrected chi connectivity index (χ0v) is 13.2. The minimum Gasteiger partial charge on any atom is -0.493 e. The third kappa shape index (κ3) is 4.66. The van der Waals surface area contributed by atoms with Gasteiger partial charge in [0.15, 0.2) is 0 Å². The Morgan fingerprint density at radius 2 is 2.00 bits per heavy atom. The van der Waals surface area contributed by atoms with E-state index in [2.05, 4.69) is 10.5 Å². The molecule has 1 N–H and O–H groups in total. The predicted molar refractivity (Wildman–Crippen MR) is 88.5 cm³/mol. The zero-order valence-electron chi connectivity index (χ0n) is 11.6. The van der Waals surface area contributed by atoms with Gasteiger partial charge in [-0.2, -0.15) is 5.10 Å². The first-order chi connectivity index (χ1) is 10.2. The molecule has 0 aromatic heterocycles. The van der Waals surface area contributed by atoms with Crippen LogP contribution in [0.2, 0.25) is 10.0 Å². The highest BCUT2D eigenvalue weighted by Crippen LogP contribution is 2.21. The van der Waals surface area contributed by atoms with Crippen molar-refractivity contribution in [2.24, 2.45) is 5.10 Å². The quantitative estimate of drug-likeness (QED) is 0.626. The van der Waals surface area contributed by atoms with Crippen molar-refractivity contribution in [2.45, 2.75) is 13.5 Å². The van der Waals surface area contributed by atoms with Gasteiger partial charge in [0, 0.05) is 15.6 Å². The third-order valence-corrected chi connectivity index (χ3v) is 3.40. The van der Waals surface area contributed by atoms with Gasteiger partial charge in [-0.15, -0.1) is 0 Å². The summed E-state index contributed by atoms with van der Waals surface area (Å²) in [4.78, 5) is 0. The number of nitrogens with zero attached hydrogens (tertiary/aromatic N) is 1. The second kappa shape index (κ2) is 7.91. The number of halogens is 2. The molecule has 110 valence electrons. The summed E-state index contributed by atoms with van der Waals surface area (Å²) < 4.78 is 5.53. The lowest BCUT2D eigenvalue weighted by atomic mass is 10.2. The highest BCUT2D eigenvalue weighted by Gasteiger charge is 2.02. The van der Waals surface area contributed by atoms with Crippen LogP contribution in [0.3, 0.4) is 0 Å². The van der Waals surface area contributed by atoms with E-state index in [1.54, 1.807) is 12.3 Å². The van der Waals surface area contributed by atoms with E-state index in [-0.39, 0.29) is 0 Å². The molecule has 2 aromatic rings. The second-order valence-electron chi connectivity index (χ2n) is 4.30. The zero-order chi connectivity index (χ0) is 15.1. The summed E-state index contributed by atoms with van der Waals surface area (Å²) in [7, 11) is 0. The van der Waals surface area contributed by atoms with Crippen LogP contribution in [-0.4, -0.2) is 12.8 Å². The van der Waals surface area contributed by atoms with Gasteiger partial charge >= 0.3 is 0 Å². The predicted octanol–water partition coefficient (Wildman–Crippen LogP) is 4.52. The van der Waals surface area contributed by atoms with Crippen LogP contribution < -0.4 is 10.2 Å². The van der Waals surface area contributed by atoms with E-state index < -0.39 is 0 Å². The van der Waals surface area contributed by atoms with Crippen LogP contribution in [0.1, 0.15) is 18.1 Å². The first-order valence-corrected chi connectivity index (χ1v) is 7.38. The molecule has 0 bridgehead atoms. The molecule has 0 heterocycles. The van der Waals surface area contributed by atoms with Crippen LogP contribution in [0.5, 0.6) is 5.75 Å². The molecule has 2 rings (SSSR count). The number of hydrogen-bond acceptors (Lipinski definition) is 3. The molecule has 0 saturated carbocycles. The van der Waals surface area contributed by atoms with Crippen molar-refractivity contribution >= 4 is 29.4 Å². The third-order valence-electron chi connectivity index (χ3n) is 2.79. The summed E-state index contributed by atoms with van der Waals surface area (Å²) in [6.07, 6.45) is 1.69. The topological polar surface area (TPSA) is 33.6 Å². The maximum absolute atomic E-state index is 6.08. The fraction of sp³-hybridized carbons (Fsp3) is 0.188. The fourth-order valence-electron chi connectivity index (χ4n) is 1.79. The van der Waals surface area contributed by atoms with Crippen molar-refractivity contribution in [1.82, 2.24) is 5.43 Å². The summed E-state index contributed by atoms with van der Waals surface area (Å²) >= 11 is 12.1. The first kappa shape index (κ1) is 15.7. The first-order valence-electron chi connectivity index (χ1n) is 6.62. The number of hydrazone groups is 1. The van der Waals surface area contributed by atoms with Crippen LogP contribution in [-0.2, 0) is 6.54 Å². The standard InChI is InChI=1S/C16H16Cl2N2O/c1-2-21-16-8-7-14(17)9-13(16)11-20-19-10-12-5-3-4-6-15(12)18/h3-9,11,19H,2,10H2,1H3/b20-11-. The van der Waals surface area contributed by atoms with Crippen molar-refractivity contribution in [3.63, 3.8) is 0 Å². The van der Waals surface area contributed by atoms with Crippen molar-refractivity contribution in [3.05, 3.63) is 63.6 Å². The van der Waals surface area contributed by atoms with Gasteiger partial charge in [0.05, 0.1) is 19.4 Å². The van der Waals surface area contributed by atoms with E-state index in [9.17, 15) is 0 Å². The Morgan fingerprint density at radius 3 is 2.76 bits per heavy atom. The van der Waals surface area contributed by atoms with E-state index in [1.807, 2.05) is 43.3 Å². The summed E-state index contributed by atoms with van der Waals surface area (Å²) in [6, 6.07) is 13.1. The van der Waals surface area contributed by atoms with E-state index >= 15 is 0 Å². The minimum atomic E-state index is 0.556. The van der Waals surface area contributed by atoms with Gasteiger partial charge in [-0.25, -0.2) is 0 Å². The smallest absolute Gasteiger partial charge is 0.128 e. The Bertz CT molecular complexity index is 629. The largest absolute Gasteiger partial charge is 0.493 e. The average Bonchev–Trinajstić information content (AvgIpc) is 2.48. The number of benzene rings is 2. The normalized spacial score (nSPS) is 10.8. The van der Waals surface area contributed by atoms with E-state index in [4.69, 9.17) is 27.9 Å². The van der Waals surface area contributed by atoms with Gasteiger partial charge in [0.1, 0.15) is 5.75 Å². The Kier molecular flexibility index (Phi) is 5.90. The second-order valence-corrected chi connectivity index (χ2v) is 5.14. The van der Waals surface area contributed by atoms with Crippen molar-refractivity contribution in [3.8, 4) is 5.75 Å². The van der Waals surface area contributed by atoms with Crippen LogP contribution in [0.4, 0.5) is 0 Å². The number of rotatable bonds is 6. The molecule has 3 nitrogen and oxygen atoms in total. The maximum atomic E-state index is 6.08. The molecule has 0 atom stereocenters. The van der Waals surface area contributed by atoms with Gasteiger partial charge in [-0.1, -0.05) is 41.4 Å². The van der Waals surface area contributed by atoms with Crippen molar-refractivity contribution in [1.29, 1.82) is 0 Å². The van der Waals surface area contributed by atoms with Gasteiger partial charge in [0.2, 0.25) is 0 Å². The molecular formula is C16H16Cl2N2O. The summed E-state index contributed by atoms with van der Waals surface area (Å²) in [6.45, 7) is 3.08. The highest BCUT2D eigenvalue weighted by molar-refractivity contribution is 6.31. The van der Waals surface area contributed by atoms with E-state index in [0.717, 1.165) is 21.9 Å². The molecule has 0 radical (unpaired) electrons. The van der Waals surface area contributed by atoms with Gasteiger partial charge in [0.25, 0.3) is 0 Å². The van der Waals surface area contributed by atoms with Crippen LogP contribution >= 0.6 is 23.2 Å². The molecule has 0 aliphatic heterocycles. The lowest BCUT2D eigenvalue weighted by Crippen LogP contribution is -2.06. The molecule has 0 aliphatic carbocycles. The number of hydrogen-bond donors (Lipinski definition) is 1. The van der Waals surface area contributed by atoms with Gasteiger partial charge in [-0.3, -0.25) is 0 Å². The molecular weight excluding hydrogens is 307 g/mol. The van der Waals surface area contributed by atoms with Crippen molar-refractivity contribution < 1.29 is 4.74 Å². The van der Waals surface area contributed by atoms with Gasteiger partial charge < -0.3 is 10.2 Å². The summed E-state index contributed by atoms with van der Waals surface area (Å²) in [5.74, 6) is 0.755. The van der Waals surface area contributed by atoms with Crippen LogP contribution in [0, 0.1) is 0 Å². The molecule has 2 aromatic carbocycles. The number of nitrogens with one attached hydrogen (secondary N) is 1. The number of ether oxygens (including phenoxy) is 1. The molecule has 0 aliphatic rings. The summed E-state index contributed by atoms with van der Waals surface area (Å²) in [5, 5.41) is 5.55. The Labute approximate surface area is 134 Å². The Balaban J connectivity index is 2.01. The molecule has 5 heteroatoms. The Morgan fingerprint density at radius 1 is 1.19 bits per heavy atom. The maximum Gasteiger partial charge on any atom is 0.128 e. The molecule has 0 unspecified atom stereocenters. The molecule has 0 saturated heterocycles. The lowest BCUT2D eigenvalue weighted by molar-refractivity contribution is 0.340. The van der Waals surface area contributed by atoms with Gasteiger partial charge in [-0.05, 0) is 36.8 Å². The summed E-state index contributed by atoms with van der Waals surface area (Å²) in [5.41, 5.74) is 4.79. The SMILES string of the molecule is CCOc1ccc(Cl)cc1/C=N\NCc1ccccc1Cl.